The lowest BCUT2D eigenvalue weighted by Crippen LogP contribution is -2.42. The fourth-order valence-electron chi connectivity index (χ4n) is 6.16. The minimum Gasteiger partial charge on any atom is -0.461 e. The van der Waals surface area contributed by atoms with Crippen LogP contribution in [0.15, 0.2) is 108 Å². The van der Waals surface area contributed by atoms with E-state index in [0.29, 0.717) is 37.3 Å². The summed E-state index contributed by atoms with van der Waals surface area (Å²) < 4.78 is 11.8. The summed E-state index contributed by atoms with van der Waals surface area (Å²) in [6, 6.07) is 25.9. The van der Waals surface area contributed by atoms with Crippen molar-refractivity contribution in [2.75, 3.05) is 33.3 Å². The summed E-state index contributed by atoms with van der Waals surface area (Å²) in [7, 11) is 1.93. The third-order valence-electron chi connectivity index (χ3n) is 8.43. The number of hydrogen-bond acceptors (Lipinski definition) is 10. The Bertz CT molecular complexity index is 1640. The Hall–Kier alpha value is -5.00. The van der Waals surface area contributed by atoms with Gasteiger partial charge in [-0.05, 0) is 50.0 Å². The number of hydrogen-bond donors (Lipinski definition) is 2. The number of nitro groups is 1. The lowest BCUT2D eigenvalue weighted by molar-refractivity contribution is -0.384. The Balaban J connectivity index is 1.34. The molecule has 0 aromatic heterocycles. The first kappa shape index (κ1) is 33.4. The Labute approximate surface area is 274 Å². The summed E-state index contributed by atoms with van der Waals surface area (Å²) >= 11 is 0. The molecule has 0 amide bonds. The molecule has 1 saturated heterocycles. The van der Waals surface area contributed by atoms with E-state index in [-0.39, 0.29) is 35.4 Å². The van der Waals surface area contributed by atoms with Crippen molar-refractivity contribution in [3.63, 3.8) is 0 Å². The highest BCUT2D eigenvalue weighted by atomic mass is 16.6. The third-order valence-corrected chi connectivity index (χ3v) is 8.43. The van der Waals surface area contributed by atoms with Gasteiger partial charge in [0.15, 0.2) is 0 Å². The number of likely N-dealkylation sites (N-methyl/N-ethyl adjacent to an activating group) is 1. The molecule has 3 aromatic carbocycles. The Morgan fingerprint density at radius 2 is 1.70 bits per heavy atom. The lowest BCUT2D eigenvalue weighted by Gasteiger charge is -2.34. The second-order valence-corrected chi connectivity index (χ2v) is 12.0. The Kier molecular flexibility index (Phi) is 11.0. The van der Waals surface area contributed by atoms with Crippen LogP contribution in [0, 0.1) is 10.1 Å². The Morgan fingerprint density at radius 3 is 2.40 bits per heavy atom. The summed E-state index contributed by atoms with van der Waals surface area (Å²) in [4.78, 5) is 43.2. The van der Waals surface area contributed by atoms with Crippen LogP contribution in [0.25, 0.3) is 0 Å². The molecule has 47 heavy (non-hydrogen) atoms. The maximum absolute atomic E-state index is 14.0. The van der Waals surface area contributed by atoms with Crippen molar-refractivity contribution in [1.29, 1.82) is 0 Å². The highest BCUT2D eigenvalue weighted by molar-refractivity contribution is 6.00. The molecule has 2 aliphatic rings. The van der Waals surface area contributed by atoms with Gasteiger partial charge in [0.05, 0.1) is 22.0 Å². The van der Waals surface area contributed by atoms with Crippen LogP contribution in [-0.2, 0) is 32.2 Å². The smallest absolute Gasteiger partial charge is 0.338 e. The molecular weight excluding hydrogens is 598 g/mol. The third kappa shape index (κ3) is 8.63. The first-order chi connectivity index (χ1) is 22.7. The van der Waals surface area contributed by atoms with Crippen molar-refractivity contribution in [1.82, 2.24) is 15.1 Å². The van der Waals surface area contributed by atoms with E-state index in [4.69, 9.17) is 15.2 Å². The second-order valence-electron chi connectivity index (χ2n) is 12.0. The highest BCUT2D eigenvalue weighted by Crippen LogP contribution is 2.39. The number of allylic oxidation sites excluding steroid dienone is 1. The highest BCUT2D eigenvalue weighted by Gasteiger charge is 2.40. The summed E-state index contributed by atoms with van der Waals surface area (Å²) in [5.41, 5.74) is 9.45. The van der Waals surface area contributed by atoms with Crippen molar-refractivity contribution < 1.29 is 24.0 Å². The molecule has 2 aliphatic heterocycles. The number of nitrogens with one attached hydrogen (secondary N) is 1. The normalized spacial score (nSPS) is 18.5. The van der Waals surface area contributed by atoms with E-state index in [9.17, 15) is 19.7 Å². The molecule has 3 aromatic rings. The quantitative estimate of drug-likeness (QED) is 0.164. The molecule has 246 valence electrons. The fourth-order valence-corrected chi connectivity index (χ4v) is 6.16. The molecule has 1 fully saturated rings. The number of carbonyl (C=O) groups is 2. The molecule has 5 rings (SSSR count). The van der Waals surface area contributed by atoms with Gasteiger partial charge in [-0.2, -0.15) is 0 Å². The van der Waals surface area contributed by atoms with Gasteiger partial charge < -0.3 is 20.5 Å². The van der Waals surface area contributed by atoms with Crippen LogP contribution in [-0.4, -0.2) is 66.1 Å². The fraction of sp³-hybridized carbons (Fsp3) is 0.333. The molecule has 2 heterocycles. The number of nitrogens with zero attached hydrogens (tertiary/aromatic N) is 3. The number of ether oxygens (including phenoxy) is 2. The van der Waals surface area contributed by atoms with Gasteiger partial charge in [0, 0.05) is 44.0 Å². The van der Waals surface area contributed by atoms with Crippen LogP contribution in [0.3, 0.4) is 0 Å². The number of benzene rings is 3. The van der Waals surface area contributed by atoms with Gasteiger partial charge in [-0.3, -0.25) is 19.9 Å². The average molecular weight is 640 g/mol. The average Bonchev–Trinajstić information content (AvgIpc) is 3.05. The molecule has 11 nitrogen and oxygen atoms in total. The molecule has 0 aliphatic carbocycles. The summed E-state index contributed by atoms with van der Waals surface area (Å²) in [6.45, 7) is 5.06. The standard InChI is InChI=1S/C36H41N5O6/c1-25-31(36(43)47-30-17-10-18-40(24-30)23-27-13-7-4-8-14-27)32(28-15-9-16-29(21-28)41(44)45)33(34(37)38-25)35(42)46-20-19-39(2)22-26-11-5-3-6-12-26/h3-9,11-16,21,30,32,38H,10,17-20,22-24,37H2,1-2H3. The number of esters is 2. The van der Waals surface area contributed by atoms with Gasteiger partial charge in [-0.25, -0.2) is 9.59 Å². The number of non-ortho nitro benzene ring substituents is 1. The summed E-state index contributed by atoms with van der Waals surface area (Å²) in [6.07, 6.45) is 1.19. The van der Waals surface area contributed by atoms with E-state index in [1.54, 1.807) is 13.0 Å². The number of dihydropyridines is 1. The van der Waals surface area contributed by atoms with Crippen LogP contribution in [0.4, 0.5) is 5.69 Å². The Morgan fingerprint density at radius 1 is 1.00 bits per heavy atom. The number of likely N-dealkylation sites (tertiary alicyclic amines) is 1. The monoisotopic (exact) mass is 639 g/mol. The second kappa shape index (κ2) is 15.5. The topological polar surface area (TPSA) is 140 Å². The van der Waals surface area contributed by atoms with E-state index in [1.165, 1.54) is 23.8 Å². The molecular formula is C36H41N5O6. The van der Waals surface area contributed by atoms with Crippen LogP contribution in [0.1, 0.15) is 42.4 Å². The van der Waals surface area contributed by atoms with Crippen molar-refractivity contribution in [3.05, 3.63) is 134 Å². The molecule has 0 saturated carbocycles. The molecule has 11 heteroatoms. The molecule has 0 radical (unpaired) electrons. The number of nitrogens with two attached hydrogens (primary N) is 1. The predicted octanol–water partition coefficient (Wildman–Crippen LogP) is 4.61. The van der Waals surface area contributed by atoms with Crippen LogP contribution < -0.4 is 11.1 Å². The number of carbonyl (C=O) groups excluding carboxylic acids is 2. The number of piperidine rings is 1. The SMILES string of the molecule is CC1=C(C(=O)OC2CCCN(Cc3ccccc3)C2)C(c2cccc([N+](=O)[O-])c2)C(C(=O)OCCN(C)Cc2ccccc2)=C(N)N1. The first-order valence-electron chi connectivity index (χ1n) is 15.8. The van der Waals surface area contributed by atoms with Crippen LogP contribution >= 0.6 is 0 Å². The van der Waals surface area contributed by atoms with Gasteiger partial charge in [-0.15, -0.1) is 0 Å². The largest absolute Gasteiger partial charge is 0.461 e. The van der Waals surface area contributed by atoms with Gasteiger partial charge >= 0.3 is 11.9 Å². The molecule has 3 N–H and O–H groups in total. The van der Waals surface area contributed by atoms with Gasteiger partial charge in [0.25, 0.3) is 5.69 Å². The van der Waals surface area contributed by atoms with E-state index in [2.05, 4.69) is 22.3 Å². The number of rotatable bonds is 12. The van der Waals surface area contributed by atoms with Gasteiger partial charge in [-0.1, -0.05) is 72.8 Å². The van der Waals surface area contributed by atoms with E-state index >= 15 is 0 Å². The molecule has 0 bridgehead atoms. The zero-order valence-corrected chi connectivity index (χ0v) is 26.8. The van der Waals surface area contributed by atoms with Crippen molar-refractivity contribution in [2.45, 2.75) is 44.9 Å². The maximum Gasteiger partial charge on any atom is 0.338 e. The minimum atomic E-state index is -1.04. The zero-order valence-electron chi connectivity index (χ0n) is 26.8. The molecule has 2 unspecified atom stereocenters. The van der Waals surface area contributed by atoms with Crippen molar-refractivity contribution in [2.24, 2.45) is 5.73 Å². The minimum absolute atomic E-state index is 0.00288. The van der Waals surface area contributed by atoms with E-state index in [1.807, 2.05) is 60.5 Å². The summed E-state index contributed by atoms with van der Waals surface area (Å²) in [5.74, 6) is -2.35. The first-order valence-corrected chi connectivity index (χ1v) is 15.8. The van der Waals surface area contributed by atoms with Gasteiger partial charge in [0.1, 0.15) is 18.5 Å². The predicted molar refractivity (Wildman–Crippen MR) is 177 cm³/mol. The van der Waals surface area contributed by atoms with Crippen LogP contribution in [0.2, 0.25) is 0 Å². The molecule has 2 atom stereocenters. The zero-order chi connectivity index (χ0) is 33.3. The van der Waals surface area contributed by atoms with Crippen molar-refractivity contribution >= 4 is 17.6 Å². The summed E-state index contributed by atoms with van der Waals surface area (Å²) in [5, 5.41) is 14.7. The van der Waals surface area contributed by atoms with Crippen molar-refractivity contribution in [3.8, 4) is 0 Å². The van der Waals surface area contributed by atoms with Crippen LogP contribution in [0.5, 0.6) is 0 Å². The van der Waals surface area contributed by atoms with E-state index < -0.39 is 22.8 Å². The lowest BCUT2D eigenvalue weighted by atomic mass is 9.81. The maximum atomic E-state index is 14.0. The molecule has 0 spiro atoms. The number of nitro benzene ring substituents is 1. The van der Waals surface area contributed by atoms with E-state index in [0.717, 1.165) is 25.1 Å². The van der Waals surface area contributed by atoms with Gasteiger partial charge in [0.2, 0.25) is 0 Å².